The molecule has 1 aromatic carbocycles. The first-order valence-electron chi connectivity index (χ1n) is 7.70. The molecule has 0 aliphatic carbocycles. The number of carbonyl (C=O) groups excluding carboxylic acids is 1. The van der Waals surface area contributed by atoms with Crippen molar-refractivity contribution in [2.24, 2.45) is 7.05 Å². The molecule has 2 heterocycles. The molecular formula is C17H21N3O2. The second kappa shape index (κ2) is 6.32. The van der Waals surface area contributed by atoms with Crippen LogP contribution in [-0.4, -0.2) is 46.9 Å². The molecule has 5 nitrogen and oxygen atoms in total. The zero-order valence-electron chi connectivity index (χ0n) is 13.1. The number of nitrogens with zero attached hydrogens (tertiary/aromatic N) is 3. The van der Waals surface area contributed by atoms with Crippen molar-refractivity contribution in [3.8, 4) is 11.3 Å². The van der Waals surface area contributed by atoms with Gasteiger partial charge in [-0.1, -0.05) is 37.3 Å². The summed E-state index contributed by atoms with van der Waals surface area (Å²) in [4.78, 5) is 14.7. The summed E-state index contributed by atoms with van der Waals surface area (Å²) in [6, 6.07) is 10.0. The van der Waals surface area contributed by atoms with Gasteiger partial charge in [-0.3, -0.25) is 9.48 Å². The van der Waals surface area contributed by atoms with Gasteiger partial charge in [0, 0.05) is 31.3 Å². The highest BCUT2D eigenvalue weighted by atomic mass is 16.5. The normalized spacial score (nSPS) is 15.1. The SMILES string of the molecule is CCc1c(-c2ccccc2)nn(C)c1C(=O)N1CCOCC1. The molecule has 1 saturated heterocycles. The van der Waals surface area contributed by atoms with Crippen molar-refractivity contribution in [3.05, 3.63) is 41.6 Å². The van der Waals surface area contributed by atoms with E-state index in [1.165, 1.54) is 0 Å². The van der Waals surface area contributed by atoms with Gasteiger partial charge >= 0.3 is 0 Å². The Morgan fingerprint density at radius 3 is 2.55 bits per heavy atom. The molecule has 0 atom stereocenters. The lowest BCUT2D eigenvalue weighted by Gasteiger charge is -2.27. The number of hydrogen-bond acceptors (Lipinski definition) is 3. The van der Waals surface area contributed by atoms with Crippen LogP contribution in [0.2, 0.25) is 0 Å². The molecule has 3 rings (SSSR count). The average molecular weight is 299 g/mol. The predicted molar refractivity (Wildman–Crippen MR) is 84.7 cm³/mol. The van der Waals surface area contributed by atoms with Gasteiger partial charge in [-0.25, -0.2) is 0 Å². The highest BCUT2D eigenvalue weighted by molar-refractivity contribution is 5.96. The third-order valence-corrected chi connectivity index (χ3v) is 4.05. The van der Waals surface area contributed by atoms with E-state index in [4.69, 9.17) is 4.74 Å². The fraction of sp³-hybridized carbons (Fsp3) is 0.412. The number of benzene rings is 1. The van der Waals surface area contributed by atoms with Crippen molar-refractivity contribution in [2.75, 3.05) is 26.3 Å². The minimum Gasteiger partial charge on any atom is -0.378 e. The molecule has 1 aliphatic rings. The van der Waals surface area contributed by atoms with Crippen LogP contribution in [0.1, 0.15) is 23.0 Å². The number of carbonyl (C=O) groups is 1. The molecule has 5 heteroatoms. The third kappa shape index (κ3) is 2.64. The van der Waals surface area contributed by atoms with Crippen molar-refractivity contribution in [1.29, 1.82) is 0 Å². The second-order valence-corrected chi connectivity index (χ2v) is 5.42. The minimum atomic E-state index is 0.0531. The largest absolute Gasteiger partial charge is 0.378 e. The topological polar surface area (TPSA) is 47.4 Å². The van der Waals surface area contributed by atoms with E-state index >= 15 is 0 Å². The number of aromatic nitrogens is 2. The van der Waals surface area contributed by atoms with Crippen molar-refractivity contribution in [2.45, 2.75) is 13.3 Å². The first-order chi connectivity index (χ1) is 10.7. The summed E-state index contributed by atoms with van der Waals surface area (Å²) >= 11 is 0. The molecular weight excluding hydrogens is 278 g/mol. The summed E-state index contributed by atoms with van der Waals surface area (Å²) < 4.78 is 7.05. The van der Waals surface area contributed by atoms with E-state index in [2.05, 4.69) is 12.0 Å². The Kier molecular flexibility index (Phi) is 4.24. The summed E-state index contributed by atoms with van der Waals surface area (Å²) in [7, 11) is 1.85. The highest BCUT2D eigenvalue weighted by Crippen LogP contribution is 2.26. The molecule has 0 radical (unpaired) electrons. The Labute approximate surface area is 130 Å². The average Bonchev–Trinajstić information content (AvgIpc) is 2.92. The number of amides is 1. The summed E-state index contributed by atoms with van der Waals surface area (Å²) in [5.41, 5.74) is 3.67. The van der Waals surface area contributed by atoms with Gasteiger partial charge in [0.1, 0.15) is 5.69 Å². The maximum Gasteiger partial charge on any atom is 0.272 e. The van der Waals surface area contributed by atoms with E-state index in [0.29, 0.717) is 32.0 Å². The first-order valence-corrected chi connectivity index (χ1v) is 7.70. The second-order valence-electron chi connectivity index (χ2n) is 5.42. The number of aryl methyl sites for hydroxylation is 1. The lowest BCUT2D eigenvalue weighted by Crippen LogP contribution is -2.41. The van der Waals surface area contributed by atoms with Crippen molar-refractivity contribution in [1.82, 2.24) is 14.7 Å². The van der Waals surface area contributed by atoms with Crippen LogP contribution in [0.25, 0.3) is 11.3 Å². The van der Waals surface area contributed by atoms with Crippen molar-refractivity contribution < 1.29 is 9.53 Å². The Hall–Kier alpha value is -2.14. The van der Waals surface area contributed by atoms with Gasteiger partial charge in [-0.05, 0) is 6.42 Å². The van der Waals surface area contributed by atoms with Gasteiger partial charge in [0.15, 0.2) is 0 Å². The standard InChI is InChI=1S/C17H21N3O2/c1-3-14-15(13-7-5-4-6-8-13)18-19(2)16(14)17(21)20-9-11-22-12-10-20/h4-8H,3,9-12H2,1-2H3. The molecule has 0 saturated carbocycles. The predicted octanol–water partition coefficient (Wildman–Crippen LogP) is 2.12. The van der Waals surface area contributed by atoms with Crippen LogP contribution in [0.5, 0.6) is 0 Å². The van der Waals surface area contributed by atoms with Crippen LogP contribution in [0.4, 0.5) is 0 Å². The van der Waals surface area contributed by atoms with E-state index in [-0.39, 0.29) is 5.91 Å². The van der Waals surface area contributed by atoms with Crippen molar-refractivity contribution >= 4 is 5.91 Å². The molecule has 1 amide bonds. The minimum absolute atomic E-state index is 0.0531. The fourth-order valence-corrected chi connectivity index (χ4v) is 2.91. The Bertz CT molecular complexity index is 658. The van der Waals surface area contributed by atoms with Crippen LogP contribution in [0.3, 0.4) is 0 Å². The zero-order chi connectivity index (χ0) is 15.5. The molecule has 0 bridgehead atoms. The molecule has 0 unspecified atom stereocenters. The van der Waals surface area contributed by atoms with E-state index in [1.54, 1.807) is 4.68 Å². The number of hydrogen-bond donors (Lipinski definition) is 0. The van der Waals surface area contributed by atoms with Crippen LogP contribution >= 0.6 is 0 Å². The summed E-state index contributed by atoms with van der Waals surface area (Å²) in [5, 5.41) is 4.61. The molecule has 2 aromatic rings. The first kappa shape index (κ1) is 14.8. The van der Waals surface area contributed by atoms with Crippen LogP contribution < -0.4 is 0 Å². The van der Waals surface area contributed by atoms with Gasteiger partial charge < -0.3 is 9.64 Å². The molecule has 1 fully saturated rings. The van der Waals surface area contributed by atoms with Gasteiger partial charge in [-0.15, -0.1) is 0 Å². The number of ether oxygens (including phenoxy) is 1. The van der Waals surface area contributed by atoms with Crippen LogP contribution in [0.15, 0.2) is 30.3 Å². The molecule has 1 aliphatic heterocycles. The number of morpholine rings is 1. The Morgan fingerprint density at radius 1 is 1.23 bits per heavy atom. The van der Waals surface area contributed by atoms with Gasteiger partial charge in [0.25, 0.3) is 5.91 Å². The fourth-order valence-electron chi connectivity index (χ4n) is 2.91. The Morgan fingerprint density at radius 2 is 1.91 bits per heavy atom. The number of rotatable bonds is 3. The third-order valence-electron chi connectivity index (χ3n) is 4.05. The molecule has 0 N–H and O–H groups in total. The van der Waals surface area contributed by atoms with Crippen LogP contribution in [0, 0.1) is 0 Å². The van der Waals surface area contributed by atoms with Crippen LogP contribution in [-0.2, 0) is 18.2 Å². The highest BCUT2D eigenvalue weighted by Gasteiger charge is 2.26. The molecule has 22 heavy (non-hydrogen) atoms. The van der Waals surface area contributed by atoms with E-state index in [1.807, 2.05) is 42.3 Å². The van der Waals surface area contributed by atoms with E-state index in [0.717, 1.165) is 23.2 Å². The molecule has 116 valence electrons. The summed E-state index contributed by atoms with van der Waals surface area (Å²) in [6.45, 7) is 4.58. The lowest BCUT2D eigenvalue weighted by molar-refractivity contribution is 0.0295. The molecule has 1 aromatic heterocycles. The lowest BCUT2D eigenvalue weighted by atomic mass is 10.0. The monoisotopic (exact) mass is 299 g/mol. The Balaban J connectivity index is 2.01. The maximum atomic E-state index is 12.9. The zero-order valence-corrected chi connectivity index (χ0v) is 13.1. The summed E-state index contributed by atoms with van der Waals surface area (Å²) in [5.74, 6) is 0.0531. The van der Waals surface area contributed by atoms with Crippen molar-refractivity contribution in [3.63, 3.8) is 0 Å². The molecule has 0 spiro atoms. The van der Waals surface area contributed by atoms with E-state index < -0.39 is 0 Å². The van der Waals surface area contributed by atoms with Gasteiger partial charge in [0.05, 0.1) is 18.9 Å². The van der Waals surface area contributed by atoms with E-state index in [9.17, 15) is 4.79 Å². The van der Waals surface area contributed by atoms with Gasteiger partial charge in [0.2, 0.25) is 0 Å². The quantitative estimate of drug-likeness (QED) is 0.872. The van der Waals surface area contributed by atoms with Gasteiger partial charge in [-0.2, -0.15) is 5.10 Å². The summed E-state index contributed by atoms with van der Waals surface area (Å²) in [6.07, 6.45) is 0.781. The smallest absolute Gasteiger partial charge is 0.272 e. The maximum absolute atomic E-state index is 12.9.